The molecule has 1 amide bonds. The molecular formula is C14H18ClN3O2. The van der Waals surface area contributed by atoms with E-state index in [9.17, 15) is 9.90 Å². The number of benzene rings is 1. The molecule has 0 aromatic heterocycles. The molecule has 0 aliphatic carbocycles. The molecule has 0 radical (unpaired) electrons. The quantitative estimate of drug-likeness (QED) is 0.840. The Morgan fingerprint density at radius 2 is 2.30 bits per heavy atom. The SMILES string of the molecule is CC(O)CCN(C)CC(=O)Nc1ccc(C#N)c(Cl)c1. The van der Waals surface area contributed by atoms with Crippen molar-refractivity contribution in [2.75, 3.05) is 25.5 Å². The predicted molar refractivity (Wildman–Crippen MR) is 78.6 cm³/mol. The summed E-state index contributed by atoms with van der Waals surface area (Å²) in [5, 5.41) is 21.0. The Labute approximate surface area is 123 Å². The van der Waals surface area contributed by atoms with Crippen molar-refractivity contribution in [1.82, 2.24) is 4.90 Å². The summed E-state index contributed by atoms with van der Waals surface area (Å²) in [6.07, 6.45) is 0.241. The molecule has 20 heavy (non-hydrogen) atoms. The zero-order chi connectivity index (χ0) is 15.1. The fraction of sp³-hybridized carbons (Fsp3) is 0.429. The first kappa shape index (κ1) is 16.4. The third-order valence-electron chi connectivity index (χ3n) is 2.72. The van der Waals surface area contributed by atoms with Gasteiger partial charge in [0.2, 0.25) is 5.91 Å². The number of hydrogen-bond acceptors (Lipinski definition) is 4. The van der Waals surface area contributed by atoms with Gasteiger partial charge in [-0.1, -0.05) is 11.6 Å². The molecular weight excluding hydrogens is 278 g/mol. The second-order valence-electron chi connectivity index (χ2n) is 4.73. The number of halogens is 1. The van der Waals surface area contributed by atoms with E-state index in [1.165, 1.54) is 0 Å². The van der Waals surface area contributed by atoms with Gasteiger partial charge in [-0.2, -0.15) is 5.26 Å². The number of anilines is 1. The number of hydrogen-bond donors (Lipinski definition) is 2. The number of rotatable bonds is 6. The molecule has 1 aromatic carbocycles. The lowest BCUT2D eigenvalue weighted by molar-refractivity contribution is -0.117. The lowest BCUT2D eigenvalue weighted by Gasteiger charge is -2.17. The second-order valence-corrected chi connectivity index (χ2v) is 5.14. The number of nitrogens with one attached hydrogen (secondary N) is 1. The van der Waals surface area contributed by atoms with Gasteiger partial charge in [0.15, 0.2) is 0 Å². The third-order valence-corrected chi connectivity index (χ3v) is 3.03. The molecule has 108 valence electrons. The number of aliphatic hydroxyl groups excluding tert-OH is 1. The highest BCUT2D eigenvalue weighted by molar-refractivity contribution is 6.32. The summed E-state index contributed by atoms with van der Waals surface area (Å²) < 4.78 is 0. The summed E-state index contributed by atoms with van der Waals surface area (Å²) >= 11 is 5.89. The Morgan fingerprint density at radius 3 is 2.85 bits per heavy atom. The monoisotopic (exact) mass is 295 g/mol. The van der Waals surface area contributed by atoms with Crippen LogP contribution in [-0.4, -0.2) is 42.2 Å². The molecule has 0 saturated heterocycles. The molecule has 2 N–H and O–H groups in total. The molecule has 1 atom stereocenters. The van der Waals surface area contributed by atoms with E-state index in [0.29, 0.717) is 29.2 Å². The highest BCUT2D eigenvalue weighted by Gasteiger charge is 2.09. The zero-order valence-electron chi connectivity index (χ0n) is 11.6. The van der Waals surface area contributed by atoms with Gasteiger partial charge >= 0.3 is 0 Å². The Balaban J connectivity index is 2.50. The van der Waals surface area contributed by atoms with Gasteiger partial charge in [-0.05, 0) is 38.6 Å². The van der Waals surface area contributed by atoms with Crippen molar-refractivity contribution in [3.63, 3.8) is 0 Å². The summed E-state index contributed by atoms with van der Waals surface area (Å²) in [5.74, 6) is -0.168. The minimum absolute atomic E-state index is 0.168. The zero-order valence-corrected chi connectivity index (χ0v) is 12.3. The van der Waals surface area contributed by atoms with Crippen LogP contribution in [-0.2, 0) is 4.79 Å². The van der Waals surface area contributed by atoms with Crippen molar-refractivity contribution in [2.45, 2.75) is 19.4 Å². The lowest BCUT2D eigenvalue weighted by atomic mass is 10.2. The number of carbonyl (C=O) groups excluding carboxylic acids is 1. The second kappa shape index (κ2) is 7.85. The fourth-order valence-corrected chi connectivity index (χ4v) is 1.84. The summed E-state index contributed by atoms with van der Waals surface area (Å²) in [4.78, 5) is 13.6. The standard InChI is InChI=1S/C14H18ClN3O2/c1-10(19)5-6-18(2)9-14(20)17-12-4-3-11(8-16)13(15)7-12/h3-4,7,10,19H,5-6,9H2,1-2H3,(H,17,20). The maximum Gasteiger partial charge on any atom is 0.238 e. The van der Waals surface area contributed by atoms with Crippen LogP contribution in [0.25, 0.3) is 0 Å². The molecule has 1 aromatic rings. The van der Waals surface area contributed by atoms with Gasteiger partial charge in [0.05, 0.1) is 23.2 Å². The van der Waals surface area contributed by atoms with Crippen LogP contribution >= 0.6 is 11.6 Å². The molecule has 0 spiro atoms. The van der Waals surface area contributed by atoms with Crippen LogP contribution in [0.15, 0.2) is 18.2 Å². The molecule has 6 heteroatoms. The minimum Gasteiger partial charge on any atom is -0.393 e. The van der Waals surface area contributed by atoms with Crippen LogP contribution in [0, 0.1) is 11.3 Å². The van der Waals surface area contributed by atoms with Crippen molar-refractivity contribution in [1.29, 1.82) is 5.26 Å². The predicted octanol–water partition coefficient (Wildman–Crippen LogP) is 1.85. The highest BCUT2D eigenvalue weighted by Crippen LogP contribution is 2.20. The van der Waals surface area contributed by atoms with Gasteiger partial charge in [0.25, 0.3) is 0 Å². The van der Waals surface area contributed by atoms with Crippen molar-refractivity contribution in [3.8, 4) is 6.07 Å². The average molecular weight is 296 g/mol. The van der Waals surface area contributed by atoms with Crippen LogP contribution in [0.3, 0.4) is 0 Å². The third kappa shape index (κ3) is 5.57. The van der Waals surface area contributed by atoms with E-state index < -0.39 is 0 Å². The lowest BCUT2D eigenvalue weighted by Crippen LogP contribution is -2.32. The smallest absolute Gasteiger partial charge is 0.238 e. The maximum absolute atomic E-state index is 11.8. The topological polar surface area (TPSA) is 76.4 Å². The van der Waals surface area contributed by atoms with E-state index in [4.69, 9.17) is 16.9 Å². The van der Waals surface area contributed by atoms with Gasteiger partial charge < -0.3 is 10.4 Å². The van der Waals surface area contributed by atoms with E-state index in [1.807, 2.05) is 18.0 Å². The summed E-state index contributed by atoms with van der Waals surface area (Å²) in [6, 6.07) is 6.71. The average Bonchev–Trinajstić information content (AvgIpc) is 2.36. The van der Waals surface area contributed by atoms with Crippen molar-refractivity contribution in [2.24, 2.45) is 0 Å². The first-order valence-electron chi connectivity index (χ1n) is 6.28. The Morgan fingerprint density at radius 1 is 1.60 bits per heavy atom. The maximum atomic E-state index is 11.8. The molecule has 0 saturated carbocycles. The highest BCUT2D eigenvalue weighted by atomic mass is 35.5. The molecule has 0 fully saturated rings. The Hall–Kier alpha value is -1.61. The summed E-state index contributed by atoms with van der Waals surface area (Å²) in [7, 11) is 1.81. The summed E-state index contributed by atoms with van der Waals surface area (Å²) in [6.45, 7) is 2.58. The van der Waals surface area contributed by atoms with E-state index >= 15 is 0 Å². The largest absolute Gasteiger partial charge is 0.393 e. The number of nitrogens with zero attached hydrogens (tertiary/aromatic N) is 2. The van der Waals surface area contributed by atoms with Gasteiger partial charge in [-0.15, -0.1) is 0 Å². The van der Waals surface area contributed by atoms with E-state index in [-0.39, 0.29) is 18.6 Å². The number of aliphatic hydroxyl groups is 1. The number of carbonyl (C=O) groups is 1. The van der Waals surface area contributed by atoms with Crippen molar-refractivity contribution in [3.05, 3.63) is 28.8 Å². The van der Waals surface area contributed by atoms with Crippen molar-refractivity contribution < 1.29 is 9.90 Å². The molecule has 0 heterocycles. The normalized spacial score (nSPS) is 12.0. The van der Waals surface area contributed by atoms with E-state index in [0.717, 1.165) is 0 Å². The number of likely N-dealkylation sites (N-methyl/N-ethyl adjacent to an activating group) is 1. The number of amides is 1. The first-order valence-corrected chi connectivity index (χ1v) is 6.66. The van der Waals surface area contributed by atoms with Gasteiger partial charge in [0, 0.05) is 12.2 Å². The number of nitriles is 1. The van der Waals surface area contributed by atoms with Crippen LogP contribution in [0.1, 0.15) is 18.9 Å². The molecule has 1 unspecified atom stereocenters. The van der Waals surface area contributed by atoms with Crippen LogP contribution in [0.4, 0.5) is 5.69 Å². The van der Waals surface area contributed by atoms with E-state index in [2.05, 4.69) is 5.32 Å². The van der Waals surface area contributed by atoms with Gasteiger partial charge in [0.1, 0.15) is 6.07 Å². The summed E-state index contributed by atoms with van der Waals surface area (Å²) in [5.41, 5.74) is 0.932. The molecule has 5 nitrogen and oxygen atoms in total. The van der Waals surface area contributed by atoms with Crippen LogP contribution in [0.2, 0.25) is 5.02 Å². The van der Waals surface area contributed by atoms with Crippen molar-refractivity contribution >= 4 is 23.2 Å². The molecule has 1 rings (SSSR count). The molecule has 0 aliphatic heterocycles. The van der Waals surface area contributed by atoms with Crippen LogP contribution in [0.5, 0.6) is 0 Å². The minimum atomic E-state index is -0.377. The Kier molecular flexibility index (Phi) is 6.46. The molecule has 0 bridgehead atoms. The van der Waals surface area contributed by atoms with Gasteiger partial charge in [-0.25, -0.2) is 0 Å². The Bertz CT molecular complexity index is 512. The van der Waals surface area contributed by atoms with E-state index in [1.54, 1.807) is 25.1 Å². The first-order chi connectivity index (χ1) is 9.42. The van der Waals surface area contributed by atoms with Crippen LogP contribution < -0.4 is 5.32 Å². The fourth-order valence-electron chi connectivity index (χ4n) is 1.62. The van der Waals surface area contributed by atoms with Gasteiger partial charge in [-0.3, -0.25) is 9.69 Å². The molecule has 0 aliphatic rings.